The molecule has 2 aromatic carbocycles. The summed E-state index contributed by atoms with van der Waals surface area (Å²) >= 11 is 0. The molecule has 0 amide bonds. The third-order valence-electron chi connectivity index (χ3n) is 3.18. The first-order chi connectivity index (χ1) is 9.11. The van der Waals surface area contributed by atoms with Crippen molar-refractivity contribution in [3.8, 4) is 5.75 Å². The Kier molecular flexibility index (Phi) is 4.05. The van der Waals surface area contributed by atoms with E-state index in [2.05, 4.69) is 5.32 Å². The molecule has 0 bridgehead atoms. The molecule has 0 radical (unpaired) electrons. The number of ether oxygens (including phenoxy) is 1. The number of benzene rings is 2. The maximum Gasteiger partial charge on any atom is 0.126 e. The van der Waals surface area contributed by atoms with Crippen molar-refractivity contribution in [2.24, 2.45) is 0 Å². The fourth-order valence-corrected chi connectivity index (χ4v) is 2.18. The lowest BCUT2D eigenvalue weighted by Crippen LogP contribution is -2.03. The predicted molar refractivity (Wildman–Crippen MR) is 76.2 cm³/mol. The Bertz CT molecular complexity index is 581. The Morgan fingerprint density at radius 2 is 1.95 bits per heavy atom. The van der Waals surface area contributed by atoms with E-state index < -0.39 is 0 Å². The summed E-state index contributed by atoms with van der Waals surface area (Å²) in [7, 11) is 1.67. The highest BCUT2D eigenvalue weighted by atomic mass is 19.1. The van der Waals surface area contributed by atoms with Gasteiger partial charge in [0, 0.05) is 17.8 Å². The fourth-order valence-electron chi connectivity index (χ4n) is 2.18. The number of rotatable bonds is 4. The van der Waals surface area contributed by atoms with Gasteiger partial charge in [0.05, 0.1) is 7.11 Å². The zero-order valence-electron chi connectivity index (χ0n) is 11.5. The van der Waals surface area contributed by atoms with Crippen LogP contribution in [-0.4, -0.2) is 7.11 Å². The highest BCUT2D eigenvalue weighted by Crippen LogP contribution is 2.29. The molecule has 19 heavy (non-hydrogen) atoms. The van der Waals surface area contributed by atoms with Crippen LogP contribution >= 0.6 is 0 Å². The van der Waals surface area contributed by atoms with Crippen molar-refractivity contribution in [1.82, 2.24) is 0 Å². The van der Waals surface area contributed by atoms with Crippen LogP contribution in [0.15, 0.2) is 36.4 Å². The lowest BCUT2D eigenvalue weighted by atomic mass is 10.1. The summed E-state index contributed by atoms with van der Waals surface area (Å²) in [4.78, 5) is 0. The largest absolute Gasteiger partial charge is 0.496 e. The van der Waals surface area contributed by atoms with Crippen LogP contribution in [0.5, 0.6) is 5.75 Å². The molecule has 0 saturated heterocycles. The maximum atomic E-state index is 13.1. The third kappa shape index (κ3) is 3.05. The minimum absolute atomic E-state index is 0.211. The topological polar surface area (TPSA) is 21.3 Å². The van der Waals surface area contributed by atoms with Crippen LogP contribution in [0.1, 0.15) is 16.7 Å². The Hall–Kier alpha value is -2.03. The normalized spacial score (nSPS) is 10.3. The Morgan fingerprint density at radius 3 is 2.63 bits per heavy atom. The lowest BCUT2D eigenvalue weighted by Gasteiger charge is -2.14. The van der Waals surface area contributed by atoms with E-state index in [0.717, 1.165) is 28.1 Å². The van der Waals surface area contributed by atoms with Crippen molar-refractivity contribution in [2.45, 2.75) is 20.4 Å². The van der Waals surface area contributed by atoms with Crippen molar-refractivity contribution >= 4 is 5.69 Å². The van der Waals surface area contributed by atoms with Crippen molar-refractivity contribution in [3.63, 3.8) is 0 Å². The van der Waals surface area contributed by atoms with E-state index >= 15 is 0 Å². The molecular formula is C16H18FNO. The number of hydrogen-bond donors (Lipinski definition) is 1. The van der Waals surface area contributed by atoms with Gasteiger partial charge in [0.1, 0.15) is 11.6 Å². The molecule has 0 aromatic heterocycles. The second-order valence-corrected chi connectivity index (χ2v) is 4.57. The molecule has 100 valence electrons. The molecule has 2 rings (SSSR count). The first-order valence-electron chi connectivity index (χ1n) is 6.24. The monoisotopic (exact) mass is 259 g/mol. The molecule has 0 aliphatic rings. The molecular weight excluding hydrogens is 241 g/mol. The summed E-state index contributed by atoms with van der Waals surface area (Å²) in [6.07, 6.45) is 0. The average Bonchev–Trinajstić information content (AvgIpc) is 2.38. The van der Waals surface area contributed by atoms with Gasteiger partial charge in [0.15, 0.2) is 0 Å². The molecule has 0 fully saturated rings. The summed E-state index contributed by atoms with van der Waals surface area (Å²) in [5.41, 5.74) is 4.10. The zero-order valence-corrected chi connectivity index (χ0v) is 11.5. The van der Waals surface area contributed by atoms with Crippen LogP contribution in [-0.2, 0) is 6.54 Å². The van der Waals surface area contributed by atoms with Crippen LogP contribution in [0.3, 0.4) is 0 Å². The van der Waals surface area contributed by atoms with Gasteiger partial charge in [0.25, 0.3) is 0 Å². The number of methoxy groups -OCH3 is 1. The van der Waals surface area contributed by atoms with E-state index in [-0.39, 0.29) is 5.82 Å². The Morgan fingerprint density at radius 1 is 1.16 bits per heavy atom. The second-order valence-electron chi connectivity index (χ2n) is 4.57. The summed E-state index contributed by atoms with van der Waals surface area (Å²) in [5.74, 6) is 0.682. The molecule has 0 aliphatic carbocycles. The second kappa shape index (κ2) is 5.74. The van der Waals surface area contributed by atoms with Crippen molar-refractivity contribution < 1.29 is 9.13 Å². The maximum absolute atomic E-state index is 13.1. The molecule has 1 N–H and O–H groups in total. The molecule has 3 heteroatoms. The Labute approximate surface area is 113 Å². The van der Waals surface area contributed by atoms with Crippen LogP contribution in [0.4, 0.5) is 10.1 Å². The summed E-state index contributed by atoms with van der Waals surface area (Å²) in [6, 6.07) is 10.6. The highest BCUT2D eigenvalue weighted by Gasteiger charge is 2.07. The number of aryl methyl sites for hydroxylation is 1. The molecule has 0 heterocycles. The standard InChI is InChI=1S/C16H18FNO/c1-11-7-8-15(12(2)16(11)19-3)18-10-13-5-4-6-14(17)9-13/h4-9,18H,10H2,1-3H3. The number of halogens is 1. The molecule has 2 aromatic rings. The van der Waals surface area contributed by atoms with Crippen molar-refractivity contribution in [1.29, 1.82) is 0 Å². The van der Waals surface area contributed by atoms with Gasteiger partial charge in [-0.05, 0) is 43.2 Å². The van der Waals surface area contributed by atoms with Gasteiger partial charge in [0.2, 0.25) is 0 Å². The van der Waals surface area contributed by atoms with E-state index in [0.29, 0.717) is 6.54 Å². The van der Waals surface area contributed by atoms with Crippen LogP contribution in [0, 0.1) is 19.7 Å². The van der Waals surface area contributed by atoms with Gasteiger partial charge in [-0.1, -0.05) is 18.2 Å². The van der Waals surface area contributed by atoms with E-state index in [1.165, 1.54) is 12.1 Å². The van der Waals surface area contributed by atoms with E-state index in [9.17, 15) is 4.39 Å². The molecule has 0 atom stereocenters. The van der Waals surface area contributed by atoms with Crippen LogP contribution in [0.25, 0.3) is 0 Å². The minimum atomic E-state index is -0.211. The quantitative estimate of drug-likeness (QED) is 0.894. The van der Waals surface area contributed by atoms with Crippen molar-refractivity contribution in [2.75, 3.05) is 12.4 Å². The van der Waals surface area contributed by atoms with E-state index in [4.69, 9.17) is 4.74 Å². The van der Waals surface area contributed by atoms with Gasteiger partial charge in [-0.2, -0.15) is 0 Å². The van der Waals surface area contributed by atoms with Gasteiger partial charge in [-0.15, -0.1) is 0 Å². The minimum Gasteiger partial charge on any atom is -0.496 e. The molecule has 0 aliphatic heterocycles. The lowest BCUT2D eigenvalue weighted by molar-refractivity contribution is 0.409. The summed E-state index contributed by atoms with van der Waals surface area (Å²) < 4.78 is 18.5. The van der Waals surface area contributed by atoms with Gasteiger partial charge in [-0.3, -0.25) is 0 Å². The first-order valence-corrected chi connectivity index (χ1v) is 6.24. The van der Waals surface area contributed by atoms with E-state index in [1.54, 1.807) is 13.2 Å². The van der Waals surface area contributed by atoms with Crippen LogP contribution in [0.2, 0.25) is 0 Å². The number of anilines is 1. The van der Waals surface area contributed by atoms with Crippen molar-refractivity contribution in [3.05, 3.63) is 58.9 Å². The third-order valence-corrected chi connectivity index (χ3v) is 3.18. The predicted octanol–water partition coefficient (Wildman–Crippen LogP) is 4.06. The van der Waals surface area contributed by atoms with Crippen LogP contribution < -0.4 is 10.1 Å². The fraction of sp³-hybridized carbons (Fsp3) is 0.250. The molecule has 2 nitrogen and oxygen atoms in total. The van der Waals surface area contributed by atoms with E-state index in [1.807, 2.05) is 32.0 Å². The summed E-state index contributed by atoms with van der Waals surface area (Å²) in [6.45, 7) is 4.62. The zero-order chi connectivity index (χ0) is 13.8. The summed E-state index contributed by atoms with van der Waals surface area (Å²) in [5, 5.41) is 3.31. The average molecular weight is 259 g/mol. The smallest absolute Gasteiger partial charge is 0.126 e. The number of hydrogen-bond acceptors (Lipinski definition) is 2. The van der Waals surface area contributed by atoms with Gasteiger partial charge < -0.3 is 10.1 Å². The first kappa shape index (κ1) is 13.4. The molecule has 0 spiro atoms. The SMILES string of the molecule is COc1c(C)ccc(NCc2cccc(F)c2)c1C. The highest BCUT2D eigenvalue weighted by molar-refractivity contribution is 5.59. The van der Waals surface area contributed by atoms with Gasteiger partial charge in [-0.25, -0.2) is 4.39 Å². The van der Waals surface area contributed by atoms with Gasteiger partial charge >= 0.3 is 0 Å². The molecule has 0 saturated carbocycles. The number of nitrogens with one attached hydrogen (secondary N) is 1. The molecule has 0 unspecified atom stereocenters. The Balaban J connectivity index is 2.16.